The molecule has 3 aromatic rings. The van der Waals surface area contributed by atoms with Gasteiger partial charge in [-0.1, -0.05) is 47.5 Å². The van der Waals surface area contributed by atoms with Crippen molar-refractivity contribution in [3.05, 3.63) is 86.4 Å². The summed E-state index contributed by atoms with van der Waals surface area (Å²) in [6.07, 6.45) is 0. The minimum atomic E-state index is -0.131. The highest BCUT2D eigenvalue weighted by Crippen LogP contribution is 2.43. The monoisotopic (exact) mass is 506 g/mol. The molecule has 0 radical (unpaired) electrons. The molecule has 2 heterocycles. The van der Waals surface area contributed by atoms with Crippen LogP contribution in [0.25, 0.3) is 10.4 Å². The smallest absolute Gasteiger partial charge is 0.164 e. The molecule has 1 aliphatic heterocycles. The molecule has 1 aromatic heterocycles. The number of carbonyl (C=O) groups excluding carboxylic acids is 2. The fourth-order valence-corrected chi connectivity index (χ4v) is 5.65. The number of aromatic hydroxyl groups is 1. The number of aliphatic hydroxyl groups excluding tert-OH is 1. The highest BCUT2D eigenvalue weighted by molar-refractivity contribution is 8.00. The Labute approximate surface area is 204 Å². The van der Waals surface area contributed by atoms with E-state index in [0.29, 0.717) is 31.8 Å². The fourth-order valence-electron chi connectivity index (χ4n) is 3.06. The van der Waals surface area contributed by atoms with Crippen molar-refractivity contribution in [1.29, 1.82) is 0 Å². The minimum absolute atomic E-state index is 0.0542. The van der Waals surface area contributed by atoms with Gasteiger partial charge in [0, 0.05) is 26.8 Å². The molecule has 1 atom stereocenters. The Morgan fingerprint density at radius 2 is 1.47 bits per heavy atom. The second-order valence-corrected chi connectivity index (χ2v) is 9.90. The molecule has 2 aromatic carbocycles. The molecule has 0 spiro atoms. The van der Waals surface area contributed by atoms with Gasteiger partial charge >= 0.3 is 0 Å². The Morgan fingerprint density at radius 3 is 1.94 bits per heavy atom. The first-order chi connectivity index (χ1) is 15.2. The third-order valence-corrected chi connectivity index (χ3v) is 7.61. The Hall–Kier alpha value is -2.25. The molecule has 8 heteroatoms. The van der Waals surface area contributed by atoms with Crippen LogP contribution in [0.2, 0.25) is 10.0 Å². The van der Waals surface area contributed by atoms with Crippen LogP contribution < -0.4 is 0 Å². The summed E-state index contributed by atoms with van der Waals surface area (Å²) in [5.41, 5.74) is 2.74. The van der Waals surface area contributed by atoms with Gasteiger partial charge in [-0.15, -0.1) is 23.1 Å². The summed E-state index contributed by atoms with van der Waals surface area (Å²) < 4.78 is 0. The van der Waals surface area contributed by atoms with Crippen molar-refractivity contribution in [2.75, 3.05) is 5.75 Å². The molecule has 0 amide bonds. The molecule has 4 nitrogen and oxygen atoms in total. The van der Waals surface area contributed by atoms with E-state index in [2.05, 4.69) is 0 Å². The van der Waals surface area contributed by atoms with E-state index in [1.807, 2.05) is 24.3 Å². The average molecular weight is 507 g/mol. The quantitative estimate of drug-likeness (QED) is 0.358. The summed E-state index contributed by atoms with van der Waals surface area (Å²) in [6, 6.07) is 14.5. The lowest BCUT2D eigenvalue weighted by Crippen LogP contribution is -2.00. The van der Waals surface area contributed by atoms with E-state index < -0.39 is 0 Å². The first-order valence-electron chi connectivity index (χ1n) is 9.56. The summed E-state index contributed by atoms with van der Waals surface area (Å²) in [7, 11) is 0. The zero-order valence-corrected chi connectivity index (χ0v) is 20.4. The summed E-state index contributed by atoms with van der Waals surface area (Å²) in [5, 5.41) is 22.7. The number of benzene rings is 2. The van der Waals surface area contributed by atoms with Crippen molar-refractivity contribution in [2.24, 2.45) is 0 Å². The second-order valence-electron chi connectivity index (χ2n) is 7.05. The molecule has 2 N–H and O–H groups in total. The number of carbonyl (C=O) groups is 2. The number of aliphatic hydroxyl groups is 1. The van der Waals surface area contributed by atoms with E-state index in [-0.39, 0.29) is 28.3 Å². The highest BCUT2D eigenvalue weighted by Gasteiger charge is 2.29. The summed E-state index contributed by atoms with van der Waals surface area (Å²) in [6.45, 7) is 2.92. The Balaban J connectivity index is 0.000000181. The van der Waals surface area contributed by atoms with E-state index in [1.165, 1.54) is 25.2 Å². The normalized spacial score (nSPS) is 15.3. The molecule has 4 rings (SSSR count). The molecular weight excluding hydrogens is 487 g/mol. The van der Waals surface area contributed by atoms with Crippen LogP contribution in [0, 0.1) is 0 Å². The van der Waals surface area contributed by atoms with Gasteiger partial charge in [-0.25, -0.2) is 0 Å². The predicted octanol–water partition coefficient (Wildman–Crippen LogP) is 7.51. The van der Waals surface area contributed by atoms with Crippen LogP contribution in [0.15, 0.2) is 65.2 Å². The van der Waals surface area contributed by atoms with E-state index in [9.17, 15) is 19.8 Å². The maximum atomic E-state index is 11.2. The van der Waals surface area contributed by atoms with Crippen molar-refractivity contribution in [2.45, 2.75) is 19.1 Å². The van der Waals surface area contributed by atoms with E-state index in [0.717, 1.165) is 11.1 Å². The maximum absolute atomic E-state index is 11.2. The van der Waals surface area contributed by atoms with Gasteiger partial charge in [-0.3, -0.25) is 9.59 Å². The van der Waals surface area contributed by atoms with Crippen LogP contribution in [-0.2, 0) is 4.79 Å². The van der Waals surface area contributed by atoms with Crippen molar-refractivity contribution in [1.82, 2.24) is 0 Å². The second kappa shape index (κ2) is 10.6. The Kier molecular flexibility index (Phi) is 8.06. The van der Waals surface area contributed by atoms with Gasteiger partial charge < -0.3 is 10.2 Å². The van der Waals surface area contributed by atoms with Gasteiger partial charge in [-0.2, -0.15) is 0 Å². The number of hydrogen-bond acceptors (Lipinski definition) is 6. The lowest BCUT2D eigenvalue weighted by molar-refractivity contribution is -0.113. The number of thioether (sulfide) groups is 1. The first kappa shape index (κ1) is 24.4. The van der Waals surface area contributed by atoms with Crippen molar-refractivity contribution in [3.63, 3.8) is 0 Å². The van der Waals surface area contributed by atoms with E-state index in [4.69, 9.17) is 23.2 Å². The maximum Gasteiger partial charge on any atom is 0.164 e. The number of Topliss-reactive ketones (excluding diaryl/α,β-unsaturated/α-hetero) is 2. The standard InChI is InChI=1S/C12H11ClO2S.C12H9ClO2S/c2*1-7(14)10-6-16-12(11(10)15)8-2-4-9(13)5-3-8/h2-5,12,15H,6H2,1H3;2-6,15H,1H3. The van der Waals surface area contributed by atoms with Gasteiger partial charge in [-0.05, 0) is 49.2 Å². The summed E-state index contributed by atoms with van der Waals surface area (Å²) >= 11 is 14.5. The van der Waals surface area contributed by atoms with Gasteiger partial charge in [0.15, 0.2) is 11.6 Å². The number of thiophene rings is 1. The summed E-state index contributed by atoms with van der Waals surface area (Å²) in [4.78, 5) is 23.1. The Morgan fingerprint density at radius 1 is 0.906 bits per heavy atom. The average Bonchev–Trinajstić information content (AvgIpc) is 3.33. The molecule has 0 saturated heterocycles. The molecule has 166 valence electrons. The number of rotatable bonds is 4. The van der Waals surface area contributed by atoms with Crippen LogP contribution in [0.5, 0.6) is 5.75 Å². The zero-order chi connectivity index (χ0) is 23.4. The van der Waals surface area contributed by atoms with Crippen LogP contribution >= 0.6 is 46.3 Å². The lowest BCUT2D eigenvalue weighted by Gasteiger charge is -2.09. The number of hydrogen-bond donors (Lipinski definition) is 2. The molecule has 1 aliphatic rings. The van der Waals surface area contributed by atoms with Crippen molar-refractivity contribution in [3.8, 4) is 16.2 Å². The lowest BCUT2D eigenvalue weighted by atomic mass is 10.1. The molecule has 0 saturated carbocycles. The van der Waals surface area contributed by atoms with Gasteiger partial charge in [0.25, 0.3) is 0 Å². The van der Waals surface area contributed by atoms with Crippen LogP contribution in [-0.4, -0.2) is 27.5 Å². The number of ketones is 2. The van der Waals surface area contributed by atoms with Crippen LogP contribution in [0.3, 0.4) is 0 Å². The minimum Gasteiger partial charge on any atom is -0.510 e. The van der Waals surface area contributed by atoms with Crippen LogP contribution in [0.4, 0.5) is 0 Å². The SMILES string of the molecule is CC(=O)C1=C(O)C(c2ccc(Cl)cc2)SC1.CC(=O)c1csc(-c2ccc(Cl)cc2)c1O. The molecule has 32 heavy (non-hydrogen) atoms. The van der Waals surface area contributed by atoms with Gasteiger partial charge in [0.1, 0.15) is 11.5 Å². The van der Waals surface area contributed by atoms with E-state index in [1.54, 1.807) is 41.4 Å². The van der Waals surface area contributed by atoms with Gasteiger partial charge in [0.2, 0.25) is 0 Å². The summed E-state index contributed by atoms with van der Waals surface area (Å²) in [5.74, 6) is 0.643. The molecular formula is C24H20Cl2O4S2. The number of halogens is 2. The predicted molar refractivity (Wildman–Crippen MR) is 133 cm³/mol. The fraction of sp³-hybridized carbons (Fsp3) is 0.167. The molecule has 1 unspecified atom stereocenters. The van der Waals surface area contributed by atoms with Crippen molar-refractivity contribution >= 4 is 57.9 Å². The third kappa shape index (κ3) is 5.56. The van der Waals surface area contributed by atoms with Crippen molar-refractivity contribution < 1.29 is 19.8 Å². The highest BCUT2D eigenvalue weighted by atomic mass is 35.5. The molecule has 0 fully saturated rings. The third-order valence-electron chi connectivity index (χ3n) is 4.80. The topological polar surface area (TPSA) is 74.6 Å². The first-order valence-corrected chi connectivity index (χ1v) is 12.2. The van der Waals surface area contributed by atoms with E-state index >= 15 is 0 Å². The zero-order valence-electron chi connectivity index (χ0n) is 17.3. The Bertz CT molecular complexity index is 1170. The molecule has 0 aliphatic carbocycles. The van der Waals surface area contributed by atoms with Gasteiger partial charge in [0.05, 0.1) is 15.7 Å². The van der Waals surface area contributed by atoms with Crippen LogP contribution in [0.1, 0.15) is 35.0 Å². The molecule has 0 bridgehead atoms. The largest absolute Gasteiger partial charge is 0.510 e.